The monoisotopic (exact) mass is 225 g/mol. The molecule has 0 N–H and O–H groups in total. The Kier molecular flexibility index (Phi) is 4.28. The number of hydrogen-bond acceptors (Lipinski definition) is 3. The van der Waals surface area contributed by atoms with Gasteiger partial charge in [-0.15, -0.1) is 0 Å². The number of carbonyl (C=O) groups excluding carboxylic acids is 1. The van der Waals surface area contributed by atoms with E-state index in [1.807, 2.05) is 0 Å². The first-order chi connectivity index (χ1) is 7.50. The van der Waals surface area contributed by atoms with Crippen molar-refractivity contribution in [1.29, 1.82) is 0 Å². The number of hydrogen-bond donors (Lipinski definition) is 0. The van der Waals surface area contributed by atoms with Crippen LogP contribution in [0.25, 0.3) is 0 Å². The third kappa shape index (κ3) is 3.53. The molecule has 4 heteroatoms. The molecule has 88 valence electrons. The molecule has 16 heavy (non-hydrogen) atoms. The van der Waals surface area contributed by atoms with E-state index in [2.05, 4.69) is 0 Å². The Morgan fingerprint density at radius 3 is 2.62 bits per heavy atom. The minimum absolute atomic E-state index is 0.0408. The van der Waals surface area contributed by atoms with Crippen molar-refractivity contribution in [2.45, 2.75) is 20.0 Å². The first-order valence-electron chi connectivity index (χ1n) is 5.16. The van der Waals surface area contributed by atoms with Crippen LogP contribution in [0.5, 0.6) is 0 Å². The summed E-state index contributed by atoms with van der Waals surface area (Å²) < 4.78 is 18.3. The Morgan fingerprint density at radius 2 is 2.06 bits per heavy atom. The lowest BCUT2D eigenvalue weighted by Crippen LogP contribution is -2.29. The molecule has 0 radical (unpaired) electrons. The molecule has 0 unspecified atom stereocenters. The van der Waals surface area contributed by atoms with Gasteiger partial charge in [-0.05, 0) is 26.0 Å². The standard InChI is InChI=1S/C12H16FNO2/c1-9(2)16-12(15)8-14(3)11-7-5-4-6-10(11)13/h4-7,9H,8H2,1-3H3. The lowest BCUT2D eigenvalue weighted by atomic mass is 10.3. The van der Waals surface area contributed by atoms with E-state index < -0.39 is 0 Å². The Labute approximate surface area is 94.8 Å². The number of benzene rings is 1. The van der Waals surface area contributed by atoms with Crippen molar-refractivity contribution in [3.63, 3.8) is 0 Å². The maximum atomic E-state index is 13.4. The van der Waals surface area contributed by atoms with Crippen LogP contribution in [0, 0.1) is 5.82 Å². The Bertz CT molecular complexity index is 366. The zero-order valence-electron chi connectivity index (χ0n) is 9.74. The molecule has 0 aromatic heterocycles. The molecule has 1 aromatic rings. The molecule has 0 atom stereocenters. The van der Waals surface area contributed by atoms with Crippen molar-refractivity contribution in [1.82, 2.24) is 0 Å². The maximum absolute atomic E-state index is 13.4. The zero-order chi connectivity index (χ0) is 12.1. The molecule has 0 amide bonds. The molecule has 0 aliphatic carbocycles. The Hall–Kier alpha value is -1.58. The van der Waals surface area contributed by atoms with Gasteiger partial charge in [-0.3, -0.25) is 4.79 Å². The molecule has 0 saturated carbocycles. The van der Waals surface area contributed by atoms with Gasteiger partial charge < -0.3 is 9.64 Å². The normalized spacial score (nSPS) is 10.3. The quantitative estimate of drug-likeness (QED) is 0.736. The summed E-state index contributed by atoms with van der Waals surface area (Å²) in [6.45, 7) is 3.60. The molecule has 0 aliphatic rings. The van der Waals surface area contributed by atoms with E-state index in [0.29, 0.717) is 5.69 Å². The summed E-state index contributed by atoms with van der Waals surface area (Å²) in [6.07, 6.45) is -0.151. The van der Waals surface area contributed by atoms with Crippen LogP contribution in [0.2, 0.25) is 0 Å². The number of carbonyl (C=O) groups is 1. The number of likely N-dealkylation sites (N-methyl/N-ethyl adjacent to an activating group) is 1. The van der Waals surface area contributed by atoms with Crippen molar-refractivity contribution in [3.05, 3.63) is 30.1 Å². The maximum Gasteiger partial charge on any atom is 0.325 e. The molecule has 0 fully saturated rings. The van der Waals surface area contributed by atoms with E-state index in [1.165, 1.54) is 11.0 Å². The summed E-state index contributed by atoms with van der Waals surface area (Å²) in [5, 5.41) is 0. The van der Waals surface area contributed by atoms with Gasteiger partial charge in [-0.25, -0.2) is 4.39 Å². The van der Waals surface area contributed by atoms with E-state index in [1.54, 1.807) is 39.1 Å². The summed E-state index contributed by atoms with van der Waals surface area (Å²) in [7, 11) is 1.65. The van der Waals surface area contributed by atoms with Crippen LogP contribution >= 0.6 is 0 Å². The van der Waals surface area contributed by atoms with Gasteiger partial charge in [0, 0.05) is 7.05 Å². The highest BCUT2D eigenvalue weighted by Crippen LogP contribution is 2.16. The number of rotatable bonds is 4. The van der Waals surface area contributed by atoms with Crippen molar-refractivity contribution in [3.8, 4) is 0 Å². The molecular weight excluding hydrogens is 209 g/mol. The van der Waals surface area contributed by atoms with E-state index in [4.69, 9.17) is 4.74 Å². The fourth-order valence-electron chi connectivity index (χ4n) is 1.34. The second kappa shape index (κ2) is 5.49. The average Bonchev–Trinajstić information content (AvgIpc) is 2.16. The van der Waals surface area contributed by atoms with Crippen LogP contribution in [-0.4, -0.2) is 25.7 Å². The highest BCUT2D eigenvalue weighted by atomic mass is 19.1. The Morgan fingerprint density at radius 1 is 1.44 bits per heavy atom. The van der Waals surface area contributed by atoms with Gasteiger partial charge >= 0.3 is 5.97 Å². The predicted molar refractivity (Wildman–Crippen MR) is 60.9 cm³/mol. The second-order valence-electron chi connectivity index (χ2n) is 3.85. The first kappa shape index (κ1) is 12.5. The lowest BCUT2D eigenvalue weighted by molar-refractivity contribution is -0.145. The lowest BCUT2D eigenvalue weighted by Gasteiger charge is -2.19. The molecule has 3 nitrogen and oxygen atoms in total. The first-order valence-corrected chi connectivity index (χ1v) is 5.16. The zero-order valence-corrected chi connectivity index (χ0v) is 9.74. The third-order valence-electron chi connectivity index (χ3n) is 2.00. The van der Waals surface area contributed by atoms with Gasteiger partial charge in [0.05, 0.1) is 11.8 Å². The fourth-order valence-corrected chi connectivity index (χ4v) is 1.34. The topological polar surface area (TPSA) is 29.5 Å². The summed E-state index contributed by atoms with van der Waals surface area (Å²) in [4.78, 5) is 12.9. The van der Waals surface area contributed by atoms with Crippen LogP contribution in [0.3, 0.4) is 0 Å². The van der Waals surface area contributed by atoms with Gasteiger partial charge in [-0.1, -0.05) is 12.1 Å². The van der Waals surface area contributed by atoms with Crippen LogP contribution in [-0.2, 0) is 9.53 Å². The molecule has 0 saturated heterocycles. The van der Waals surface area contributed by atoms with E-state index in [0.717, 1.165) is 0 Å². The van der Waals surface area contributed by atoms with Crippen LogP contribution in [0.15, 0.2) is 24.3 Å². The van der Waals surface area contributed by atoms with Crippen molar-refractivity contribution < 1.29 is 13.9 Å². The summed E-state index contributed by atoms with van der Waals surface area (Å²) >= 11 is 0. The number of nitrogens with zero attached hydrogens (tertiary/aromatic N) is 1. The van der Waals surface area contributed by atoms with Crippen LogP contribution in [0.4, 0.5) is 10.1 Å². The minimum Gasteiger partial charge on any atom is -0.462 e. The van der Waals surface area contributed by atoms with Gasteiger partial charge in [0.1, 0.15) is 12.4 Å². The van der Waals surface area contributed by atoms with Crippen LogP contribution < -0.4 is 4.90 Å². The molecule has 0 aliphatic heterocycles. The summed E-state index contributed by atoms with van der Waals surface area (Å²) in [5.74, 6) is -0.705. The van der Waals surface area contributed by atoms with Gasteiger partial charge in [0.2, 0.25) is 0 Å². The van der Waals surface area contributed by atoms with Gasteiger partial charge in [0.25, 0.3) is 0 Å². The number of esters is 1. The predicted octanol–water partition coefficient (Wildman–Crippen LogP) is 2.21. The smallest absolute Gasteiger partial charge is 0.325 e. The highest BCUT2D eigenvalue weighted by molar-refractivity contribution is 5.75. The summed E-state index contributed by atoms with van der Waals surface area (Å²) in [5.41, 5.74) is 0.392. The number of halogens is 1. The fraction of sp³-hybridized carbons (Fsp3) is 0.417. The molecule has 1 aromatic carbocycles. The summed E-state index contributed by atoms with van der Waals surface area (Å²) in [6, 6.07) is 6.32. The second-order valence-corrected chi connectivity index (χ2v) is 3.85. The van der Waals surface area contributed by atoms with Crippen molar-refractivity contribution >= 4 is 11.7 Å². The third-order valence-corrected chi connectivity index (χ3v) is 2.00. The van der Waals surface area contributed by atoms with Gasteiger partial charge in [-0.2, -0.15) is 0 Å². The van der Waals surface area contributed by atoms with E-state index in [9.17, 15) is 9.18 Å². The van der Waals surface area contributed by atoms with Crippen molar-refractivity contribution in [2.75, 3.05) is 18.5 Å². The van der Waals surface area contributed by atoms with E-state index >= 15 is 0 Å². The van der Waals surface area contributed by atoms with Crippen molar-refractivity contribution in [2.24, 2.45) is 0 Å². The Balaban J connectivity index is 2.62. The highest BCUT2D eigenvalue weighted by Gasteiger charge is 2.12. The molecular formula is C12H16FNO2. The largest absolute Gasteiger partial charge is 0.462 e. The molecule has 1 rings (SSSR count). The average molecular weight is 225 g/mol. The number of ether oxygens (including phenoxy) is 1. The van der Waals surface area contributed by atoms with E-state index in [-0.39, 0.29) is 24.4 Å². The molecule has 0 spiro atoms. The minimum atomic E-state index is -0.360. The molecule has 0 bridgehead atoms. The van der Waals surface area contributed by atoms with Crippen LogP contribution in [0.1, 0.15) is 13.8 Å². The van der Waals surface area contributed by atoms with Gasteiger partial charge in [0.15, 0.2) is 0 Å². The SMILES string of the molecule is CC(C)OC(=O)CN(C)c1ccccc1F. The number of para-hydroxylation sites is 1. The molecule has 0 heterocycles. The number of anilines is 1.